The third-order valence-corrected chi connectivity index (χ3v) is 5.78. The quantitative estimate of drug-likeness (QED) is 0.682. The van der Waals surface area contributed by atoms with Crippen molar-refractivity contribution in [3.63, 3.8) is 0 Å². The molecule has 1 aliphatic carbocycles. The number of urea groups is 1. The van der Waals surface area contributed by atoms with Gasteiger partial charge in [0.2, 0.25) is 12.7 Å². The molecule has 0 aromatic heterocycles. The van der Waals surface area contributed by atoms with E-state index in [-0.39, 0.29) is 24.8 Å². The summed E-state index contributed by atoms with van der Waals surface area (Å²) in [6, 6.07) is 14.8. The molecule has 1 saturated carbocycles. The van der Waals surface area contributed by atoms with E-state index in [4.69, 9.17) is 9.47 Å². The number of nitrogens with one attached hydrogen (secondary N) is 3. The van der Waals surface area contributed by atoms with Gasteiger partial charge in [-0.3, -0.25) is 4.79 Å². The van der Waals surface area contributed by atoms with Crippen molar-refractivity contribution in [3.05, 3.63) is 59.7 Å². The van der Waals surface area contributed by atoms with Gasteiger partial charge in [-0.1, -0.05) is 49.2 Å². The number of ether oxygens (including phenoxy) is 2. The van der Waals surface area contributed by atoms with Crippen LogP contribution in [0, 0.1) is 0 Å². The summed E-state index contributed by atoms with van der Waals surface area (Å²) < 4.78 is 10.8. The first-order valence-corrected chi connectivity index (χ1v) is 10.4. The van der Waals surface area contributed by atoms with Gasteiger partial charge in [0.1, 0.15) is 5.54 Å². The zero-order chi connectivity index (χ0) is 21.0. The van der Waals surface area contributed by atoms with Crippen molar-refractivity contribution in [3.8, 4) is 11.5 Å². The molecular weight excluding hydrogens is 382 g/mol. The van der Waals surface area contributed by atoms with Gasteiger partial charge in [-0.15, -0.1) is 0 Å². The lowest BCUT2D eigenvalue weighted by atomic mass is 9.95. The van der Waals surface area contributed by atoms with Crippen LogP contribution in [0.2, 0.25) is 0 Å². The first kappa shape index (κ1) is 20.1. The Kier molecular flexibility index (Phi) is 5.79. The highest BCUT2D eigenvalue weighted by atomic mass is 16.7. The fourth-order valence-electron chi connectivity index (χ4n) is 4.03. The monoisotopic (exact) mass is 409 g/mol. The molecule has 1 atom stereocenters. The van der Waals surface area contributed by atoms with Crippen LogP contribution in [0.5, 0.6) is 11.5 Å². The first-order valence-electron chi connectivity index (χ1n) is 10.4. The Morgan fingerprint density at radius 3 is 2.53 bits per heavy atom. The molecule has 3 amide bonds. The molecule has 30 heavy (non-hydrogen) atoms. The van der Waals surface area contributed by atoms with Crippen LogP contribution < -0.4 is 25.4 Å². The predicted molar refractivity (Wildman–Crippen MR) is 112 cm³/mol. The van der Waals surface area contributed by atoms with Crippen molar-refractivity contribution in [2.24, 2.45) is 0 Å². The normalized spacial score (nSPS) is 17.2. The van der Waals surface area contributed by atoms with Crippen LogP contribution in [0.15, 0.2) is 48.5 Å². The molecule has 0 saturated heterocycles. The maximum absolute atomic E-state index is 13.2. The fraction of sp³-hybridized carbons (Fsp3) is 0.391. The zero-order valence-electron chi connectivity index (χ0n) is 17.1. The summed E-state index contributed by atoms with van der Waals surface area (Å²) in [5.74, 6) is 1.24. The van der Waals surface area contributed by atoms with Gasteiger partial charge in [0.15, 0.2) is 11.5 Å². The number of benzene rings is 2. The van der Waals surface area contributed by atoms with Crippen molar-refractivity contribution < 1.29 is 19.1 Å². The second kappa shape index (κ2) is 8.65. The van der Waals surface area contributed by atoms with Crippen molar-refractivity contribution >= 4 is 11.9 Å². The predicted octanol–water partition coefficient (Wildman–Crippen LogP) is 3.40. The summed E-state index contributed by atoms with van der Waals surface area (Å²) in [6.07, 6.45) is 3.08. The second-order valence-electron chi connectivity index (χ2n) is 7.89. The Hall–Kier alpha value is -3.22. The lowest BCUT2D eigenvalue weighted by molar-refractivity contribution is -0.127. The molecule has 3 N–H and O–H groups in total. The van der Waals surface area contributed by atoms with Gasteiger partial charge in [0, 0.05) is 6.54 Å². The third kappa shape index (κ3) is 4.35. The Morgan fingerprint density at radius 2 is 1.77 bits per heavy atom. The average molecular weight is 409 g/mol. The molecule has 1 unspecified atom stereocenters. The van der Waals surface area contributed by atoms with Crippen LogP contribution in [-0.2, 0) is 11.3 Å². The minimum atomic E-state index is -0.884. The van der Waals surface area contributed by atoms with Crippen LogP contribution in [0.3, 0.4) is 0 Å². The number of fused-ring (bicyclic) bond motifs is 1. The summed E-state index contributed by atoms with van der Waals surface area (Å²) in [4.78, 5) is 25.7. The molecule has 7 heteroatoms. The van der Waals surface area contributed by atoms with E-state index >= 15 is 0 Å². The van der Waals surface area contributed by atoms with Crippen LogP contribution in [-0.4, -0.2) is 24.3 Å². The van der Waals surface area contributed by atoms with E-state index in [2.05, 4.69) is 16.0 Å². The third-order valence-electron chi connectivity index (χ3n) is 5.78. The standard InChI is InChI=1S/C23H27N3O4/c1-16(18-9-10-19-20(13-18)30-15-29-19)25-21(27)23(11-5-6-12-23)26-22(28)24-14-17-7-3-2-4-8-17/h2-4,7-10,13,16H,5-6,11-12,14-15H2,1H3,(H,25,27)(H2,24,26,28). The number of hydrogen-bond donors (Lipinski definition) is 3. The number of carbonyl (C=O) groups is 2. The molecule has 2 aliphatic rings. The van der Waals surface area contributed by atoms with Gasteiger partial charge in [0.05, 0.1) is 6.04 Å². The topological polar surface area (TPSA) is 88.7 Å². The fourth-order valence-corrected chi connectivity index (χ4v) is 4.03. The maximum atomic E-state index is 13.2. The molecule has 4 rings (SSSR count). The van der Waals surface area contributed by atoms with Gasteiger partial charge in [-0.2, -0.15) is 0 Å². The van der Waals surface area contributed by atoms with Crippen molar-refractivity contribution in [1.29, 1.82) is 0 Å². The molecule has 158 valence electrons. The summed E-state index contributed by atoms with van der Waals surface area (Å²) in [5, 5.41) is 8.88. The van der Waals surface area contributed by atoms with Crippen LogP contribution in [0.4, 0.5) is 4.79 Å². The molecule has 1 fully saturated rings. The summed E-state index contributed by atoms with van der Waals surface area (Å²) >= 11 is 0. The highest BCUT2D eigenvalue weighted by Gasteiger charge is 2.43. The van der Waals surface area contributed by atoms with Gasteiger partial charge < -0.3 is 25.4 Å². The molecule has 0 spiro atoms. The van der Waals surface area contributed by atoms with Crippen molar-refractivity contribution in [2.45, 2.75) is 50.7 Å². The van der Waals surface area contributed by atoms with Gasteiger partial charge in [0.25, 0.3) is 0 Å². The highest BCUT2D eigenvalue weighted by Crippen LogP contribution is 2.35. The number of rotatable bonds is 6. The lowest BCUT2D eigenvalue weighted by Gasteiger charge is -2.30. The minimum Gasteiger partial charge on any atom is -0.454 e. The number of hydrogen-bond acceptors (Lipinski definition) is 4. The molecule has 7 nitrogen and oxygen atoms in total. The largest absolute Gasteiger partial charge is 0.454 e. The summed E-state index contributed by atoms with van der Waals surface area (Å²) in [6.45, 7) is 2.55. The Bertz CT molecular complexity index is 910. The first-order chi connectivity index (χ1) is 14.6. The van der Waals surface area contributed by atoms with Crippen LogP contribution in [0.25, 0.3) is 0 Å². The van der Waals surface area contributed by atoms with E-state index < -0.39 is 5.54 Å². The zero-order valence-corrected chi connectivity index (χ0v) is 17.1. The Labute approximate surface area is 176 Å². The lowest BCUT2D eigenvalue weighted by Crippen LogP contribution is -2.59. The van der Waals surface area contributed by atoms with E-state index in [1.54, 1.807) is 0 Å². The molecule has 2 aromatic rings. The van der Waals surface area contributed by atoms with E-state index in [0.29, 0.717) is 30.9 Å². The summed E-state index contributed by atoms with van der Waals surface area (Å²) in [7, 11) is 0. The number of amides is 3. The van der Waals surface area contributed by atoms with Crippen molar-refractivity contribution in [2.75, 3.05) is 6.79 Å². The van der Waals surface area contributed by atoms with E-state index in [0.717, 1.165) is 24.0 Å². The molecule has 1 aliphatic heterocycles. The van der Waals surface area contributed by atoms with E-state index in [1.807, 2.05) is 55.5 Å². The van der Waals surface area contributed by atoms with Crippen LogP contribution >= 0.6 is 0 Å². The maximum Gasteiger partial charge on any atom is 0.315 e. The SMILES string of the molecule is CC(NC(=O)C1(NC(=O)NCc2ccccc2)CCCC1)c1ccc2c(c1)OCO2. The molecule has 2 aromatic carbocycles. The van der Waals surface area contributed by atoms with Crippen LogP contribution in [0.1, 0.15) is 49.8 Å². The smallest absolute Gasteiger partial charge is 0.315 e. The van der Waals surface area contributed by atoms with E-state index in [9.17, 15) is 9.59 Å². The van der Waals surface area contributed by atoms with Gasteiger partial charge in [-0.25, -0.2) is 4.79 Å². The second-order valence-corrected chi connectivity index (χ2v) is 7.89. The molecule has 0 radical (unpaired) electrons. The Morgan fingerprint density at radius 1 is 1.03 bits per heavy atom. The highest BCUT2D eigenvalue weighted by molar-refractivity contribution is 5.91. The molecular formula is C23H27N3O4. The molecule has 1 heterocycles. The van der Waals surface area contributed by atoms with Gasteiger partial charge in [-0.05, 0) is 43.0 Å². The average Bonchev–Trinajstić information content (AvgIpc) is 3.42. The molecule has 0 bridgehead atoms. The van der Waals surface area contributed by atoms with Gasteiger partial charge >= 0.3 is 6.03 Å². The minimum absolute atomic E-state index is 0.153. The van der Waals surface area contributed by atoms with E-state index in [1.165, 1.54) is 0 Å². The van der Waals surface area contributed by atoms with Crippen molar-refractivity contribution in [1.82, 2.24) is 16.0 Å². The summed E-state index contributed by atoms with van der Waals surface area (Å²) in [5.41, 5.74) is 1.05. The Balaban J connectivity index is 1.38. The number of carbonyl (C=O) groups excluding carboxylic acids is 2.